The number of aromatic nitrogens is 2. The number of ether oxygens (including phenoxy) is 2. The predicted octanol–water partition coefficient (Wildman–Crippen LogP) is -0.521. The molecule has 2 saturated heterocycles. The van der Waals surface area contributed by atoms with Crippen LogP contribution in [0.25, 0.3) is 0 Å². The molecule has 0 aliphatic carbocycles. The second kappa shape index (κ2) is 9.14. The minimum absolute atomic E-state index is 0. The largest absolute Gasteiger partial charge is 0.378 e. The fourth-order valence-corrected chi connectivity index (χ4v) is 2.80. The van der Waals surface area contributed by atoms with Crippen molar-refractivity contribution < 1.29 is 19.1 Å². The fourth-order valence-electron chi connectivity index (χ4n) is 2.80. The molecule has 2 amide bonds. The summed E-state index contributed by atoms with van der Waals surface area (Å²) in [6.07, 6.45) is 1.49. The molecular weight excluding hydrogens is 350 g/mol. The molecule has 0 spiro atoms. The number of rotatable bonds is 4. The Morgan fingerprint density at radius 1 is 1.36 bits per heavy atom. The zero-order chi connectivity index (χ0) is 16.9. The van der Waals surface area contributed by atoms with E-state index in [1.165, 1.54) is 4.68 Å². The van der Waals surface area contributed by atoms with Gasteiger partial charge in [-0.1, -0.05) is 0 Å². The summed E-state index contributed by atoms with van der Waals surface area (Å²) < 4.78 is 12.2. The molecule has 0 unspecified atom stereocenters. The molecule has 140 valence electrons. The number of amides is 2. The number of anilines is 1. The maximum Gasteiger partial charge on any atom is 0.245 e. The summed E-state index contributed by atoms with van der Waals surface area (Å²) in [6, 6.07) is 1.28. The molecule has 1 aromatic heterocycles. The van der Waals surface area contributed by atoms with Crippen molar-refractivity contribution in [2.75, 3.05) is 44.8 Å². The summed E-state index contributed by atoms with van der Waals surface area (Å²) in [4.78, 5) is 26.2. The van der Waals surface area contributed by atoms with Crippen molar-refractivity contribution in [2.24, 2.45) is 0 Å². The second-order valence-corrected chi connectivity index (χ2v) is 5.89. The van der Waals surface area contributed by atoms with Crippen LogP contribution in [0.15, 0.2) is 12.3 Å². The lowest BCUT2D eigenvalue weighted by molar-refractivity contribution is -0.136. The predicted molar refractivity (Wildman–Crippen MR) is 92.7 cm³/mol. The van der Waals surface area contributed by atoms with E-state index in [9.17, 15) is 9.59 Å². The highest BCUT2D eigenvalue weighted by Gasteiger charge is 2.28. The first-order valence-corrected chi connectivity index (χ1v) is 8.18. The second-order valence-electron chi connectivity index (χ2n) is 5.89. The number of carbonyl (C=O) groups excluding carboxylic acids is 2. The summed E-state index contributed by atoms with van der Waals surface area (Å²) in [6.45, 7) is 5.60. The van der Waals surface area contributed by atoms with E-state index in [2.05, 4.69) is 15.7 Å². The summed E-state index contributed by atoms with van der Waals surface area (Å²) in [5.41, 5.74) is 0. The van der Waals surface area contributed by atoms with E-state index in [4.69, 9.17) is 9.47 Å². The first-order valence-electron chi connectivity index (χ1n) is 8.18. The third kappa shape index (κ3) is 5.15. The zero-order valence-corrected chi connectivity index (χ0v) is 15.0. The van der Waals surface area contributed by atoms with Crippen molar-refractivity contribution >= 4 is 30.0 Å². The van der Waals surface area contributed by atoms with Gasteiger partial charge in [-0.05, 0) is 6.92 Å². The van der Waals surface area contributed by atoms with Crippen LogP contribution in [0, 0.1) is 0 Å². The van der Waals surface area contributed by atoms with Gasteiger partial charge in [0.2, 0.25) is 11.8 Å². The van der Waals surface area contributed by atoms with E-state index >= 15 is 0 Å². The van der Waals surface area contributed by atoms with E-state index in [0.29, 0.717) is 45.3 Å². The Hall–Kier alpha value is -1.68. The molecule has 1 aromatic rings. The zero-order valence-electron chi connectivity index (χ0n) is 14.1. The van der Waals surface area contributed by atoms with Crippen LogP contribution < -0.4 is 10.6 Å². The van der Waals surface area contributed by atoms with E-state index in [0.717, 1.165) is 0 Å². The van der Waals surface area contributed by atoms with Crippen LogP contribution >= 0.6 is 12.4 Å². The number of halogens is 1. The highest BCUT2D eigenvalue weighted by molar-refractivity contribution is 5.94. The molecule has 25 heavy (non-hydrogen) atoms. The van der Waals surface area contributed by atoms with Gasteiger partial charge in [0.1, 0.15) is 12.6 Å². The minimum atomic E-state index is -0.404. The SMILES string of the molecule is C[C@H]1OCCN[C@@H]1C(=O)Nc1ccn(CC(=O)N2CCOCC2)n1.Cl. The van der Waals surface area contributed by atoms with E-state index in [1.807, 2.05) is 6.92 Å². The van der Waals surface area contributed by atoms with Gasteiger partial charge in [0, 0.05) is 31.9 Å². The number of hydrogen-bond donors (Lipinski definition) is 2. The van der Waals surface area contributed by atoms with Crippen LogP contribution in [0.2, 0.25) is 0 Å². The summed E-state index contributed by atoms with van der Waals surface area (Å²) in [5, 5.41) is 10.1. The molecule has 2 aliphatic heterocycles. The number of hydrogen-bond acceptors (Lipinski definition) is 6. The number of nitrogens with one attached hydrogen (secondary N) is 2. The van der Waals surface area contributed by atoms with Crippen molar-refractivity contribution in [1.82, 2.24) is 20.0 Å². The van der Waals surface area contributed by atoms with Crippen LogP contribution in [-0.2, 0) is 25.6 Å². The van der Waals surface area contributed by atoms with Crippen molar-refractivity contribution in [2.45, 2.75) is 25.6 Å². The molecule has 3 rings (SSSR count). The number of carbonyl (C=O) groups is 2. The van der Waals surface area contributed by atoms with Gasteiger partial charge < -0.3 is 25.0 Å². The molecule has 0 saturated carbocycles. The van der Waals surface area contributed by atoms with Crippen LogP contribution in [0.3, 0.4) is 0 Å². The fraction of sp³-hybridized carbons (Fsp3) is 0.667. The standard InChI is InChI=1S/C15H23N5O4.ClH/c1-11-14(16-3-7-24-11)15(22)17-12-2-4-20(18-12)10-13(21)19-5-8-23-9-6-19;/h2,4,11,14,16H,3,5-10H2,1H3,(H,17,18,22);1H/t11-,14+;/m1./s1. The quantitative estimate of drug-likeness (QED) is 0.737. The molecule has 0 aromatic carbocycles. The van der Waals surface area contributed by atoms with Gasteiger partial charge in [0.25, 0.3) is 0 Å². The van der Waals surface area contributed by atoms with Gasteiger partial charge in [-0.15, -0.1) is 12.4 Å². The van der Waals surface area contributed by atoms with Crippen molar-refractivity contribution in [1.29, 1.82) is 0 Å². The molecule has 0 bridgehead atoms. The van der Waals surface area contributed by atoms with Crippen molar-refractivity contribution in [3.8, 4) is 0 Å². The molecular formula is C15H24ClN5O4. The Balaban J connectivity index is 0.00000225. The number of morpholine rings is 2. The molecule has 2 aliphatic rings. The highest BCUT2D eigenvalue weighted by atomic mass is 35.5. The van der Waals surface area contributed by atoms with E-state index < -0.39 is 6.04 Å². The topological polar surface area (TPSA) is 97.7 Å². The molecule has 2 fully saturated rings. The van der Waals surface area contributed by atoms with Crippen molar-refractivity contribution in [3.63, 3.8) is 0 Å². The third-order valence-corrected chi connectivity index (χ3v) is 4.15. The average molecular weight is 374 g/mol. The lowest BCUT2D eigenvalue weighted by atomic mass is 10.1. The van der Waals surface area contributed by atoms with Gasteiger partial charge in [0.05, 0.1) is 25.9 Å². The van der Waals surface area contributed by atoms with Crippen LogP contribution in [0.4, 0.5) is 5.82 Å². The average Bonchev–Trinajstić information content (AvgIpc) is 3.02. The van der Waals surface area contributed by atoms with Gasteiger partial charge >= 0.3 is 0 Å². The van der Waals surface area contributed by atoms with E-state index in [1.54, 1.807) is 17.2 Å². The monoisotopic (exact) mass is 373 g/mol. The maximum absolute atomic E-state index is 12.3. The molecule has 10 heteroatoms. The van der Waals surface area contributed by atoms with Gasteiger partial charge in [-0.3, -0.25) is 14.3 Å². The lowest BCUT2D eigenvalue weighted by Crippen LogP contribution is -2.53. The third-order valence-electron chi connectivity index (χ3n) is 4.15. The summed E-state index contributed by atoms with van der Waals surface area (Å²) in [7, 11) is 0. The maximum atomic E-state index is 12.3. The highest BCUT2D eigenvalue weighted by Crippen LogP contribution is 2.09. The Bertz CT molecular complexity index is 590. The first kappa shape index (κ1) is 19.6. The van der Waals surface area contributed by atoms with E-state index in [-0.39, 0.29) is 36.9 Å². The van der Waals surface area contributed by atoms with Crippen LogP contribution in [0.5, 0.6) is 0 Å². The van der Waals surface area contributed by atoms with Crippen LogP contribution in [-0.4, -0.2) is 78.1 Å². The Morgan fingerprint density at radius 3 is 2.84 bits per heavy atom. The molecule has 2 atom stereocenters. The van der Waals surface area contributed by atoms with Gasteiger partial charge in [-0.25, -0.2) is 0 Å². The molecule has 2 N–H and O–H groups in total. The smallest absolute Gasteiger partial charge is 0.245 e. The van der Waals surface area contributed by atoms with Crippen molar-refractivity contribution in [3.05, 3.63) is 12.3 Å². The molecule has 3 heterocycles. The minimum Gasteiger partial charge on any atom is -0.378 e. The van der Waals surface area contributed by atoms with Crippen LogP contribution in [0.1, 0.15) is 6.92 Å². The Kier molecular flexibility index (Phi) is 7.18. The van der Waals surface area contributed by atoms with Gasteiger partial charge in [-0.2, -0.15) is 5.10 Å². The number of nitrogens with zero attached hydrogens (tertiary/aromatic N) is 3. The Labute approximate surface area is 152 Å². The molecule has 0 radical (unpaired) electrons. The first-order chi connectivity index (χ1) is 11.6. The lowest BCUT2D eigenvalue weighted by Gasteiger charge is -2.28. The summed E-state index contributed by atoms with van der Waals surface area (Å²) >= 11 is 0. The summed E-state index contributed by atoms with van der Waals surface area (Å²) in [5.74, 6) is 0.233. The normalized spacial score (nSPS) is 23.6. The molecule has 9 nitrogen and oxygen atoms in total. The van der Waals surface area contributed by atoms with Gasteiger partial charge in [0.15, 0.2) is 5.82 Å². The Morgan fingerprint density at radius 2 is 2.12 bits per heavy atom.